The Labute approximate surface area is 150 Å². The first-order chi connectivity index (χ1) is 12.1. The Bertz CT molecular complexity index is 642. The molecular weight excluding hydrogens is 314 g/mol. The molecule has 1 aliphatic rings. The van der Waals surface area contributed by atoms with Gasteiger partial charge in [-0.05, 0) is 43.0 Å². The molecule has 3 rings (SSSR count). The minimum Gasteiger partial charge on any atom is -0.491 e. The third kappa shape index (κ3) is 4.83. The number of benzene rings is 1. The number of ether oxygens (including phenoxy) is 1. The van der Waals surface area contributed by atoms with E-state index in [4.69, 9.17) is 4.74 Å². The Balaban J connectivity index is 1.50. The number of likely N-dealkylation sites (tertiary alicyclic amines) is 1. The molecule has 136 valence electrons. The van der Waals surface area contributed by atoms with E-state index in [-0.39, 0.29) is 0 Å². The minimum atomic E-state index is -0.489. The molecule has 0 amide bonds. The van der Waals surface area contributed by atoms with E-state index >= 15 is 0 Å². The monoisotopic (exact) mass is 343 g/mol. The summed E-state index contributed by atoms with van der Waals surface area (Å²) >= 11 is 0. The zero-order valence-electron chi connectivity index (χ0n) is 15.2. The molecule has 0 aliphatic carbocycles. The van der Waals surface area contributed by atoms with Crippen molar-refractivity contribution in [3.63, 3.8) is 0 Å². The number of piperidine rings is 1. The molecule has 5 heteroatoms. The summed E-state index contributed by atoms with van der Waals surface area (Å²) < 4.78 is 7.94. The number of aliphatic hydroxyl groups excluding tert-OH is 1. The van der Waals surface area contributed by atoms with E-state index < -0.39 is 6.10 Å². The lowest BCUT2D eigenvalue weighted by molar-refractivity contribution is 0.0516. The van der Waals surface area contributed by atoms with E-state index in [2.05, 4.69) is 29.9 Å². The fraction of sp³-hybridized carbons (Fsp3) is 0.550. The maximum Gasteiger partial charge on any atom is 0.122 e. The molecule has 5 nitrogen and oxygen atoms in total. The maximum absolute atomic E-state index is 10.4. The number of aliphatic hydroxyl groups is 1. The highest BCUT2D eigenvalue weighted by Crippen LogP contribution is 2.26. The standard InChI is InChI=1S/C20H29N3O2/c1-16(2)19-8-3-4-9-20(19)25-15-18(24)14-22-11-5-7-17(13-22)23-12-6-10-21-23/h3-4,6,8-10,12,16-18,24H,5,7,11,13-15H2,1-2H3. The second-order valence-electron chi connectivity index (χ2n) is 7.20. The Morgan fingerprint density at radius 3 is 2.88 bits per heavy atom. The molecule has 1 aromatic heterocycles. The summed E-state index contributed by atoms with van der Waals surface area (Å²) in [6, 6.07) is 10.4. The first-order valence-electron chi connectivity index (χ1n) is 9.24. The summed E-state index contributed by atoms with van der Waals surface area (Å²) in [5, 5.41) is 14.8. The van der Waals surface area contributed by atoms with Gasteiger partial charge in [0, 0.05) is 25.5 Å². The summed E-state index contributed by atoms with van der Waals surface area (Å²) in [5.41, 5.74) is 1.19. The van der Waals surface area contributed by atoms with Crippen molar-refractivity contribution < 1.29 is 9.84 Å². The average molecular weight is 343 g/mol. The van der Waals surface area contributed by atoms with E-state index in [9.17, 15) is 5.11 Å². The Morgan fingerprint density at radius 1 is 1.28 bits per heavy atom. The van der Waals surface area contributed by atoms with Crippen molar-refractivity contribution in [1.29, 1.82) is 0 Å². The van der Waals surface area contributed by atoms with Crippen LogP contribution in [-0.4, -0.2) is 52.1 Å². The van der Waals surface area contributed by atoms with Gasteiger partial charge in [0.1, 0.15) is 18.5 Å². The van der Waals surface area contributed by atoms with Gasteiger partial charge in [-0.25, -0.2) is 0 Å². The van der Waals surface area contributed by atoms with Gasteiger partial charge < -0.3 is 9.84 Å². The lowest BCUT2D eigenvalue weighted by Crippen LogP contribution is -2.42. The Morgan fingerprint density at radius 2 is 2.12 bits per heavy atom. The molecule has 0 saturated carbocycles. The molecule has 2 atom stereocenters. The summed E-state index contributed by atoms with van der Waals surface area (Å²) in [4.78, 5) is 2.32. The molecule has 2 heterocycles. The van der Waals surface area contributed by atoms with Crippen LogP contribution in [0.5, 0.6) is 5.75 Å². The maximum atomic E-state index is 10.4. The van der Waals surface area contributed by atoms with Gasteiger partial charge in [0.25, 0.3) is 0 Å². The van der Waals surface area contributed by atoms with E-state index in [0.717, 1.165) is 31.7 Å². The second kappa shape index (κ2) is 8.50. The highest BCUT2D eigenvalue weighted by Gasteiger charge is 2.23. The van der Waals surface area contributed by atoms with Crippen molar-refractivity contribution >= 4 is 0 Å². The molecule has 1 saturated heterocycles. The van der Waals surface area contributed by atoms with Crippen molar-refractivity contribution in [3.05, 3.63) is 48.3 Å². The fourth-order valence-corrected chi connectivity index (χ4v) is 3.54. The van der Waals surface area contributed by atoms with Gasteiger partial charge in [0.15, 0.2) is 0 Å². The topological polar surface area (TPSA) is 50.5 Å². The van der Waals surface area contributed by atoms with Gasteiger partial charge in [-0.1, -0.05) is 32.0 Å². The second-order valence-corrected chi connectivity index (χ2v) is 7.20. The molecule has 0 bridgehead atoms. The molecule has 0 spiro atoms. The Kier molecular flexibility index (Phi) is 6.10. The highest BCUT2D eigenvalue weighted by atomic mass is 16.5. The molecule has 2 aromatic rings. The van der Waals surface area contributed by atoms with Gasteiger partial charge in [0.2, 0.25) is 0 Å². The quantitative estimate of drug-likeness (QED) is 0.839. The van der Waals surface area contributed by atoms with E-state index in [0.29, 0.717) is 25.1 Å². The first-order valence-corrected chi connectivity index (χ1v) is 9.24. The van der Waals surface area contributed by atoms with Gasteiger partial charge in [0.05, 0.1) is 6.04 Å². The summed E-state index contributed by atoms with van der Waals surface area (Å²) in [6.07, 6.45) is 5.64. The number of nitrogens with zero attached hydrogens (tertiary/aromatic N) is 3. The lowest BCUT2D eigenvalue weighted by Gasteiger charge is -2.34. The Hall–Kier alpha value is -1.85. The zero-order chi connectivity index (χ0) is 17.6. The number of β-amino-alcohol motifs (C(OH)–C–C–N with tert-alkyl or cyclic N) is 1. The average Bonchev–Trinajstić information content (AvgIpc) is 3.15. The molecule has 0 radical (unpaired) electrons. The number of hydrogen-bond acceptors (Lipinski definition) is 4. The molecule has 2 unspecified atom stereocenters. The third-order valence-corrected chi connectivity index (χ3v) is 4.82. The molecule has 1 aliphatic heterocycles. The van der Waals surface area contributed by atoms with Crippen molar-refractivity contribution in [1.82, 2.24) is 14.7 Å². The van der Waals surface area contributed by atoms with Crippen LogP contribution >= 0.6 is 0 Å². The predicted molar refractivity (Wildman–Crippen MR) is 99.0 cm³/mol. The van der Waals surface area contributed by atoms with Crippen molar-refractivity contribution in [3.8, 4) is 5.75 Å². The van der Waals surface area contributed by atoms with Crippen molar-refractivity contribution in [2.75, 3.05) is 26.2 Å². The number of aromatic nitrogens is 2. The highest BCUT2D eigenvalue weighted by molar-refractivity contribution is 5.35. The van der Waals surface area contributed by atoms with Crippen molar-refractivity contribution in [2.24, 2.45) is 0 Å². The molecule has 25 heavy (non-hydrogen) atoms. The fourth-order valence-electron chi connectivity index (χ4n) is 3.54. The van der Waals surface area contributed by atoms with Gasteiger partial charge in [-0.2, -0.15) is 5.10 Å². The van der Waals surface area contributed by atoms with Crippen LogP contribution < -0.4 is 4.74 Å². The van der Waals surface area contributed by atoms with Crippen LogP contribution in [0.2, 0.25) is 0 Å². The van der Waals surface area contributed by atoms with Crippen LogP contribution in [0.15, 0.2) is 42.7 Å². The van der Waals surface area contributed by atoms with Gasteiger partial charge in [-0.3, -0.25) is 9.58 Å². The molecule has 1 aromatic carbocycles. The van der Waals surface area contributed by atoms with E-state index in [1.165, 1.54) is 5.56 Å². The van der Waals surface area contributed by atoms with Gasteiger partial charge in [-0.15, -0.1) is 0 Å². The molecule has 1 fully saturated rings. The number of rotatable bonds is 7. The summed E-state index contributed by atoms with van der Waals surface area (Å²) in [5.74, 6) is 1.29. The zero-order valence-corrected chi connectivity index (χ0v) is 15.2. The normalized spacial score (nSPS) is 19.9. The third-order valence-electron chi connectivity index (χ3n) is 4.82. The minimum absolute atomic E-state index is 0.326. The summed E-state index contributed by atoms with van der Waals surface area (Å²) in [7, 11) is 0. The van der Waals surface area contributed by atoms with Crippen LogP contribution in [0.25, 0.3) is 0 Å². The van der Waals surface area contributed by atoms with Crippen LogP contribution in [0, 0.1) is 0 Å². The van der Waals surface area contributed by atoms with Crippen LogP contribution in [0.3, 0.4) is 0 Å². The molecular formula is C20H29N3O2. The van der Waals surface area contributed by atoms with Crippen LogP contribution in [-0.2, 0) is 0 Å². The van der Waals surface area contributed by atoms with Crippen LogP contribution in [0.4, 0.5) is 0 Å². The van der Waals surface area contributed by atoms with Crippen LogP contribution in [0.1, 0.15) is 44.2 Å². The summed E-state index contributed by atoms with van der Waals surface area (Å²) in [6.45, 7) is 7.23. The van der Waals surface area contributed by atoms with Crippen molar-refractivity contribution in [2.45, 2.75) is 44.8 Å². The van der Waals surface area contributed by atoms with E-state index in [1.807, 2.05) is 41.3 Å². The SMILES string of the molecule is CC(C)c1ccccc1OCC(O)CN1CCCC(n2cccn2)C1. The lowest BCUT2D eigenvalue weighted by atomic mass is 10.0. The first kappa shape index (κ1) is 18.0. The number of hydrogen-bond donors (Lipinski definition) is 1. The number of para-hydroxylation sites is 1. The van der Waals surface area contributed by atoms with Gasteiger partial charge >= 0.3 is 0 Å². The predicted octanol–water partition coefficient (Wildman–Crippen LogP) is 3.08. The van der Waals surface area contributed by atoms with E-state index in [1.54, 1.807) is 0 Å². The smallest absolute Gasteiger partial charge is 0.122 e. The largest absolute Gasteiger partial charge is 0.491 e. The molecule has 1 N–H and O–H groups in total.